The second-order valence-electron chi connectivity index (χ2n) is 11.7. The molecule has 1 fully saturated rings. The van der Waals surface area contributed by atoms with E-state index in [4.69, 9.17) is 9.84 Å². The Labute approximate surface area is 241 Å². The molecule has 0 radical (unpaired) electrons. The molecule has 2 aromatic heterocycles. The lowest BCUT2D eigenvalue weighted by molar-refractivity contribution is -0.115. The van der Waals surface area contributed by atoms with E-state index >= 15 is 4.11 Å². The number of hydrogen-bond donors (Lipinski definition) is 3. The molecule has 2 aromatic carbocycles. The quantitative estimate of drug-likeness (QED) is 0.154. The monoisotopic (exact) mass is 577 g/mol. The third-order valence-corrected chi connectivity index (χ3v) is 10.7. The lowest BCUT2D eigenvalue weighted by Crippen LogP contribution is -2.36. The van der Waals surface area contributed by atoms with E-state index < -0.39 is 8.41 Å². The molecule has 4 aromatic rings. The number of benzene rings is 2. The number of aromatic amines is 1. The first-order valence-electron chi connectivity index (χ1n) is 14.5. The minimum atomic E-state index is -2.97. The summed E-state index contributed by atoms with van der Waals surface area (Å²) in [5, 5.41) is 21.5. The lowest BCUT2D eigenvalue weighted by atomic mass is 9.95. The van der Waals surface area contributed by atoms with Gasteiger partial charge in [0.15, 0.2) is 0 Å². The Morgan fingerprint density at radius 1 is 1.15 bits per heavy atom. The number of aryl methyl sites for hydroxylation is 2. The predicted octanol–water partition coefficient (Wildman–Crippen LogP) is 5.45. The average Bonchev–Trinajstić information content (AvgIpc) is 3.64. The summed E-state index contributed by atoms with van der Waals surface area (Å²) in [7, 11) is -2.97. The predicted molar refractivity (Wildman–Crippen MR) is 161 cm³/mol. The van der Waals surface area contributed by atoms with Crippen molar-refractivity contribution in [2.24, 2.45) is 5.92 Å². The molecule has 5 rings (SSSR count). The Morgan fingerprint density at radius 3 is 2.78 bits per heavy atom. The van der Waals surface area contributed by atoms with Gasteiger partial charge in [0.25, 0.3) is 0 Å². The van der Waals surface area contributed by atoms with Crippen LogP contribution in [0.5, 0.6) is 0 Å². The number of ether oxygens (including phenoxy) is 1. The van der Waals surface area contributed by atoms with Gasteiger partial charge in [-0.3, -0.25) is 9.48 Å². The maximum atomic E-state index is 15.5. The molecule has 0 aliphatic carbocycles. The van der Waals surface area contributed by atoms with Crippen LogP contribution in [-0.2, 0) is 35.3 Å². The molecule has 0 bridgehead atoms. The van der Waals surface area contributed by atoms with Crippen LogP contribution in [0.2, 0.25) is 18.6 Å². The lowest BCUT2D eigenvalue weighted by Gasteiger charge is -2.28. The number of aromatic nitrogens is 4. The van der Waals surface area contributed by atoms with E-state index in [-0.39, 0.29) is 36.2 Å². The molecular formula is C31H40FN5O3Si. The standard InChI is InChI=1S/C31H40FN5O3Si/c1-21-28(40-29(31(21)41(2,3)32)13-15-37-20-25(14-16-38)35-36-37)12-11-22-7-6-8-24(17-22)34-30(39)18-23-19-33-27-10-5-4-9-26(23)27/h4-10,17,19-21,28-29,31,33,38H,11-16,18H2,1-3H3,(H,34,39)/t21-,28+,29-,31+/m0/s1. The number of H-pyrrole nitrogens is 1. The zero-order valence-corrected chi connectivity index (χ0v) is 25.0. The van der Waals surface area contributed by atoms with Crippen molar-refractivity contribution in [3.63, 3.8) is 0 Å². The van der Waals surface area contributed by atoms with Gasteiger partial charge in [0.1, 0.15) is 0 Å². The normalized spacial score (nSPS) is 21.0. The van der Waals surface area contributed by atoms with Gasteiger partial charge in [-0.15, -0.1) is 5.10 Å². The van der Waals surface area contributed by atoms with Crippen molar-refractivity contribution >= 4 is 30.9 Å². The molecule has 0 saturated carbocycles. The Morgan fingerprint density at radius 2 is 1.98 bits per heavy atom. The molecule has 3 heterocycles. The van der Waals surface area contributed by atoms with Crippen molar-refractivity contribution < 1.29 is 18.7 Å². The minimum absolute atomic E-state index is 0.0339. The van der Waals surface area contributed by atoms with Crippen LogP contribution in [0, 0.1) is 5.92 Å². The number of fused-ring (bicyclic) bond motifs is 1. The Bertz CT molecular complexity index is 1470. The summed E-state index contributed by atoms with van der Waals surface area (Å²) in [6.07, 6.45) is 6.54. The van der Waals surface area contributed by atoms with Gasteiger partial charge in [-0.2, -0.15) is 0 Å². The van der Waals surface area contributed by atoms with Gasteiger partial charge in [-0.25, -0.2) is 0 Å². The first-order chi connectivity index (χ1) is 19.7. The van der Waals surface area contributed by atoms with E-state index in [1.54, 1.807) is 17.8 Å². The summed E-state index contributed by atoms with van der Waals surface area (Å²) in [6.45, 7) is 6.32. The number of hydrogen-bond acceptors (Lipinski definition) is 5. The van der Waals surface area contributed by atoms with E-state index in [1.807, 2.05) is 54.9 Å². The molecule has 1 aliphatic rings. The molecule has 218 valence electrons. The van der Waals surface area contributed by atoms with Crippen molar-refractivity contribution in [1.82, 2.24) is 20.0 Å². The topological polar surface area (TPSA) is 105 Å². The highest BCUT2D eigenvalue weighted by molar-refractivity contribution is 6.72. The zero-order chi connectivity index (χ0) is 29.0. The van der Waals surface area contributed by atoms with Crippen molar-refractivity contribution in [1.29, 1.82) is 0 Å². The zero-order valence-electron chi connectivity index (χ0n) is 24.0. The third kappa shape index (κ3) is 7.12. The molecule has 0 spiro atoms. The number of aliphatic hydroxyl groups is 1. The number of halogens is 1. The summed E-state index contributed by atoms with van der Waals surface area (Å²) in [4.78, 5) is 16.0. The number of aliphatic hydroxyl groups excluding tert-OH is 1. The summed E-state index contributed by atoms with van der Waals surface area (Å²) < 4.78 is 23.8. The number of amides is 1. The molecular weight excluding hydrogens is 537 g/mol. The summed E-state index contributed by atoms with van der Waals surface area (Å²) in [5.74, 6) is 0.0581. The average molecular weight is 578 g/mol. The largest absolute Gasteiger partial charge is 0.396 e. The molecule has 1 saturated heterocycles. The highest BCUT2D eigenvalue weighted by Gasteiger charge is 2.50. The van der Waals surface area contributed by atoms with E-state index in [9.17, 15) is 4.79 Å². The number of carbonyl (C=O) groups excluding carboxylic acids is 1. The number of para-hydroxylation sites is 1. The van der Waals surface area contributed by atoms with Crippen LogP contribution in [0.25, 0.3) is 10.9 Å². The molecule has 10 heteroatoms. The van der Waals surface area contributed by atoms with Gasteiger partial charge in [0.2, 0.25) is 14.3 Å². The number of anilines is 1. The van der Waals surface area contributed by atoms with Crippen molar-refractivity contribution in [2.75, 3.05) is 11.9 Å². The first kappa shape index (κ1) is 29.2. The van der Waals surface area contributed by atoms with Gasteiger partial charge in [0.05, 0.1) is 24.3 Å². The van der Waals surface area contributed by atoms with Crippen LogP contribution in [0.1, 0.15) is 36.6 Å². The molecule has 1 amide bonds. The SMILES string of the molecule is C[C@@H]1[C@@H]([Si](C)(C)F)[C@H](CCn2cc(CCO)nn2)O[C@@H]1CCc1cccc(NC(=O)Cc2c[nH]c3ccccc23)c1. The van der Waals surface area contributed by atoms with E-state index in [2.05, 4.69) is 33.6 Å². The fourth-order valence-corrected chi connectivity index (χ4v) is 8.95. The second-order valence-corrected chi connectivity index (χ2v) is 15.5. The van der Waals surface area contributed by atoms with Gasteiger partial charge < -0.3 is 24.3 Å². The van der Waals surface area contributed by atoms with Crippen LogP contribution >= 0.6 is 0 Å². The highest BCUT2D eigenvalue weighted by Crippen LogP contribution is 2.47. The maximum absolute atomic E-state index is 15.5. The van der Waals surface area contributed by atoms with Gasteiger partial charge in [-0.1, -0.05) is 42.5 Å². The Hall–Kier alpha value is -3.34. The van der Waals surface area contributed by atoms with Crippen LogP contribution < -0.4 is 5.32 Å². The first-order valence-corrected chi connectivity index (χ1v) is 17.4. The maximum Gasteiger partial charge on any atom is 0.246 e. The van der Waals surface area contributed by atoms with Gasteiger partial charge in [0, 0.05) is 54.1 Å². The number of nitrogens with one attached hydrogen (secondary N) is 2. The highest BCUT2D eigenvalue weighted by atomic mass is 28.4. The van der Waals surface area contributed by atoms with Crippen molar-refractivity contribution in [3.8, 4) is 0 Å². The van der Waals surface area contributed by atoms with E-state index in [0.717, 1.165) is 46.3 Å². The van der Waals surface area contributed by atoms with E-state index in [1.165, 1.54) is 0 Å². The van der Waals surface area contributed by atoms with Crippen LogP contribution in [0.15, 0.2) is 60.9 Å². The number of rotatable bonds is 12. The molecule has 3 N–H and O–H groups in total. The number of carbonyl (C=O) groups is 1. The van der Waals surface area contributed by atoms with Gasteiger partial charge in [-0.05, 0) is 67.6 Å². The molecule has 4 atom stereocenters. The molecule has 1 aliphatic heterocycles. The third-order valence-electron chi connectivity index (χ3n) is 8.25. The van der Waals surface area contributed by atoms with Gasteiger partial charge >= 0.3 is 0 Å². The molecule has 0 unspecified atom stereocenters. The van der Waals surface area contributed by atoms with Crippen LogP contribution in [0.4, 0.5) is 9.80 Å². The number of nitrogens with zero attached hydrogens (tertiary/aromatic N) is 3. The summed E-state index contributed by atoms with van der Waals surface area (Å²) in [5.41, 5.74) is 4.53. The van der Waals surface area contributed by atoms with Crippen LogP contribution in [0.3, 0.4) is 0 Å². The summed E-state index contributed by atoms with van der Waals surface area (Å²) in [6, 6.07) is 15.9. The fourth-order valence-electron chi connectivity index (χ4n) is 6.35. The molecule has 41 heavy (non-hydrogen) atoms. The minimum Gasteiger partial charge on any atom is -0.396 e. The van der Waals surface area contributed by atoms with Crippen molar-refractivity contribution in [2.45, 2.75) is 76.4 Å². The van der Waals surface area contributed by atoms with Crippen LogP contribution in [-0.4, -0.2) is 58.2 Å². The summed E-state index contributed by atoms with van der Waals surface area (Å²) >= 11 is 0. The van der Waals surface area contributed by atoms with E-state index in [0.29, 0.717) is 25.8 Å². The second kappa shape index (κ2) is 12.7. The smallest absolute Gasteiger partial charge is 0.246 e. The van der Waals surface area contributed by atoms with Crippen molar-refractivity contribution in [3.05, 3.63) is 77.7 Å². The molecule has 8 nitrogen and oxygen atoms in total. The fraction of sp³-hybridized carbons (Fsp3) is 0.452. The Kier molecular flexibility index (Phi) is 9.01. The Balaban J connectivity index is 1.17.